The number of anilines is 1. The summed E-state index contributed by atoms with van der Waals surface area (Å²) in [6.07, 6.45) is 11.0. The highest BCUT2D eigenvalue weighted by Crippen LogP contribution is 2.46. The molecule has 1 aromatic carbocycles. The number of benzene rings is 1. The highest BCUT2D eigenvalue weighted by Gasteiger charge is 2.34. The number of nitrogens with two attached hydrogens (primary N) is 1. The van der Waals surface area contributed by atoms with Crippen LogP contribution >= 0.6 is 0 Å². The Morgan fingerprint density at radius 2 is 2.00 bits per heavy atom. The van der Waals surface area contributed by atoms with Gasteiger partial charge in [-0.1, -0.05) is 56.4 Å². The summed E-state index contributed by atoms with van der Waals surface area (Å²) < 4.78 is 0. The summed E-state index contributed by atoms with van der Waals surface area (Å²) in [7, 11) is 0. The molecule has 2 aliphatic rings. The highest BCUT2D eigenvalue weighted by atomic mass is 14.6. The molecule has 0 amide bonds. The first kappa shape index (κ1) is 10.4. The fourth-order valence-electron chi connectivity index (χ4n) is 2.99. The first-order valence-corrected chi connectivity index (χ1v) is 6.07. The average Bonchev–Trinajstić information content (AvgIpc) is 2.51. The summed E-state index contributed by atoms with van der Waals surface area (Å²) in [5.41, 5.74) is 11.1. The van der Waals surface area contributed by atoms with E-state index in [-0.39, 0.29) is 5.41 Å². The van der Waals surface area contributed by atoms with E-state index >= 15 is 0 Å². The van der Waals surface area contributed by atoms with E-state index in [4.69, 9.17) is 5.73 Å². The van der Waals surface area contributed by atoms with Gasteiger partial charge in [-0.15, -0.1) is 0 Å². The fraction of sp³-hybridized carbons (Fsp3) is 0.250. The second-order valence-corrected chi connectivity index (χ2v) is 5.33. The number of rotatable bonds is 0. The standard InChI is InChI=1S/C16H17N/c1-16(2)12-7-4-3-6-11(10-12)13-8-5-9-14(17)15(13)16/h3-11H,17H2,1-2H3. The Morgan fingerprint density at radius 1 is 1.18 bits per heavy atom. The minimum atomic E-state index is -0.000301. The molecule has 1 aromatic rings. The van der Waals surface area contributed by atoms with E-state index in [9.17, 15) is 0 Å². The van der Waals surface area contributed by atoms with Crippen LogP contribution in [0, 0.1) is 0 Å². The van der Waals surface area contributed by atoms with Crippen LogP contribution in [0.3, 0.4) is 0 Å². The van der Waals surface area contributed by atoms with Crippen molar-refractivity contribution in [3.8, 4) is 0 Å². The van der Waals surface area contributed by atoms with Gasteiger partial charge in [0.25, 0.3) is 0 Å². The lowest BCUT2D eigenvalue weighted by Crippen LogP contribution is -2.27. The van der Waals surface area contributed by atoms with Gasteiger partial charge in [0, 0.05) is 17.0 Å². The molecular formula is C16H17N. The molecule has 1 nitrogen and oxygen atoms in total. The second kappa shape index (κ2) is 3.36. The van der Waals surface area contributed by atoms with Crippen LogP contribution in [-0.2, 0) is 5.41 Å². The molecule has 0 saturated heterocycles. The first-order valence-electron chi connectivity index (χ1n) is 6.07. The molecule has 2 aliphatic carbocycles. The summed E-state index contributed by atoms with van der Waals surface area (Å²) >= 11 is 0. The quantitative estimate of drug-likeness (QED) is 0.667. The molecule has 0 aromatic heterocycles. The van der Waals surface area contributed by atoms with E-state index in [1.165, 1.54) is 16.7 Å². The SMILES string of the molecule is CC1(C)C2=CC(C=CC=C2)c2cccc(N)c21. The van der Waals surface area contributed by atoms with Gasteiger partial charge < -0.3 is 5.73 Å². The second-order valence-electron chi connectivity index (χ2n) is 5.33. The van der Waals surface area contributed by atoms with Crippen LogP contribution in [0.25, 0.3) is 0 Å². The minimum Gasteiger partial charge on any atom is -0.398 e. The van der Waals surface area contributed by atoms with Crippen LogP contribution < -0.4 is 5.73 Å². The predicted octanol–water partition coefficient (Wildman–Crippen LogP) is 3.70. The van der Waals surface area contributed by atoms with E-state index in [0.717, 1.165) is 5.69 Å². The minimum absolute atomic E-state index is 0.000301. The Hall–Kier alpha value is -1.76. The van der Waals surface area contributed by atoms with Crippen LogP contribution in [0.1, 0.15) is 30.9 Å². The largest absolute Gasteiger partial charge is 0.398 e. The van der Waals surface area contributed by atoms with Gasteiger partial charge in [0.1, 0.15) is 0 Å². The van der Waals surface area contributed by atoms with E-state index in [1.807, 2.05) is 6.07 Å². The van der Waals surface area contributed by atoms with Crippen molar-refractivity contribution < 1.29 is 0 Å². The molecule has 0 aliphatic heterocycles. The van der Waals surface area contributed by atoms with Crippen LogP contribution in [0.2, 0.25) is 0 Å². The van der Waals surface area contributed by atoms with Crippen molar-refractivity contribution in [2.45, 2.75) is 25.2 Å². The number of hydrogen-bond acceptors (Lipinski definition) is 1. The van der Waals surface area contributed by atoms with Crippen molar-refractivity contribution >= 4 is 5.69 Å². The average molecular weight is 223 g/mol. The summed E-state index contributed by atoms with van der Waals surface area (Å²) in [5, 5.41) is 0. The molecule has 2 bridgehead atoms. The van der Waals surface area contributed by atoms with Gasteiger partial charge in [-0.2, -0.15) is 0 Å². The van der Waals surface area contributed by atoms with Crippen LogP contribution in [0.15, 0.2) is 54.2 Å². The normalized spacial score (nSPS) is 23.9. The number of hydrogen-bond donors (Lipinski definition) is 1. The van der Waals surface area contributed by atoms with Crippen molar-refractivity contribution in [1.82, 2.24) is 0 Å². The molecule has 0 fully saturated rings. The zero-order valence-electron chi connectivity index (χ0n) is 10.3. The maximum Gasteiger partial charge on any atom is 0.0358 e. The third kappa shape index (κ3) is 1.39. The highest BCUT2D eigenvalue weighted by molar-refractivity contribution is 5.64. The molecule has 0 radical (unpaired) electrons. The lowest BCUT2D eigenvalue weighted by atomic mass is 9.68. The summed E-state index contributed by atoms with van der Waals surface area (Å²) in [6, 6.07) is 6.25. The van der Waals surface area contributed by atoms with Crippen molar-refractivity contribution in [2.75, 3.05) is 5.73 Å². The van der Waals surface area contributed by atoms with Crippen molar-refractivity contribution in [3.05, 3.63) is 65.3 Å². The monoisotopic (exact) mass is 223 g/mol. The van der Waals surface area contributed by atoms with Crippen molar-refractivity contribution in [1.29, 1.82) is 0 Å². The number of allylic oxidation sites excluding steroid dienone is 6. The number of nitrogen functional groups attached to an aromatic ring is 1. The first-order chi connectivity index (χ1) is 8.10. The maximum atomic E-state index is 6.20. The molecule has 0 spiro atoms. The fourth-order valence-corrected chi connectivity index (χ4v) is 2.99. The van der Waals surface area contributed by atoms with Crippen LogP contribution in [0.4, 0.5) is 5.69 Å². The Labute approximate surface area is 102 Å². The molecule has 0 saturated carbocycles. The molecule has 1 atom stereocenters. The van der Waals surface area contributed by atoms with Gasteiger partial charge in [-0.3, -0.25) is 0 Å². The molecule has 86 valence electrons. The predicted molar refractivity (Wildman–Crippen MR) is 73.0 cm³/mol. The molecule has 2 N–H and O–H groups in total. The van der Waals surface area contributed by atoms with Crippen molar-refractivity contribution in [2.24, 2.45) is 0 Å². The topological polar surface area (TPSA) is 26.0 Å². The van der Waals surface area contributed by atoms with E-state index in [2.05, 4.69) is 56.4 Å². The molecule has 3 rings (SSSR count). The third-order valence-corrected chi connectivity index (χ3v) is 3.90. The Balaban J connectivity index is 2.33. The van der Waals surface area contributed by atoms with Crippen LogP contribution in [-0.4, -0.2) is 0 Å². The van der Waals surface area contributed by atoms with Gasteiger partial charge in [0.15, 0.2) is 0 Å². The molecule has 17 heavy (non-hydrogen) atoms. The van der Waals surface area contributed by atoms with E-state index in [0.29, 0.717) is 5.92 Å². The van der Waals surface area contributed by atoms with Gasteiger partial charge in [0.05, 0.1) is 0 Å². The van der Waals surface area contributed by atoms with Crippen LogP contribution in [0.5, 0.6) is 0 Å². The summed E-state index contributed by atoms with van der Waals surface area (Å²) in [6.45, 7) is 4.50. The summed E-state index contributed by atoms with van der Waals surface area (Å²) in [4.78, 5) is 0. The van der Waals surface area contributed by atoms with E-state index < -0.39 is 0 Å². The van der Waals surface area contributed by atoms with Gasteiger partial charge >= 0.3 is 0 Å². The molecular weight excluding hydrogens is 206 g/mol. The van der Waals surface area contributed by atoms with E-state index in [1.54, 1.807) is 0 Å². The Kier molecular flexibility index (Phi) is 2.06. The lowest BCUT2D eigenvalue weighted by Gasteiger charge is -2.36. The number of fused-ring (bicyclic) bond motifs is 3. The molecule has 1 heteroatoms. The smallest absolute Gasteiger partial charge is 0.0358 e. The Bertz CT molecular complexity index is 559. The maximum absolute atomic E-state index is 6.20. The van der Waals surface area contributed by atoms with Gasteiger partial charge in [-0.05, 0) is 22.8 Å². The molecule has 0 heterocycles. The molecule has 1 unspecified atom stereocenters. The zero-order valence-corrected chi connectivity index (χ0v) is 10.3. The van der Waals surface area contributed by atoms with Gasteiger partial charge in [-0.25, -0.2) is 0 Å². The third-order valence-electron chi connectivity index (χ3n) is 3.90. The Morgan fingerprint density at radius 3 is 2.82 bits per heavy atom. The zero-order chi connectivity index (χ0) is 12.0. The van der Waals surface area contributed by atoms with Crippen molar-refractivity contribution in [3.63, 3.8) is 0 Å². The van der Waals surface area contributed by atoms with Gasteiger partial charge in [0.2, 0.25) is 0 Å². The summed E-state index contributed by atoms with van der Waals surface area (Å²) in [5.74, 6) is 0.367. The lowest BCUT2D eigenvalue weighted by molar-refractivity contribution is 0.613.